The van der Waals surface area contributed by atoms with Crippen molar-refractivity contribution in [3.63, 3.8) is 0 Å². The molecule has 1 aromatic carbocycles. The first-order valence-corrected chi connectivity index (χ1v) is 6.80. The van der Waals surface area contributed by atoms with Crippen LogP contribution >= 0.6 is 23.2 Å². The monoisotopic (exact) mass is 312 g/mol. The molecule has 0 radical (unpaired) electrons. The van der Waals surface area contributed by atoms with Crippen molar-refractivity contribution >= 4 is 29.1 Å². The van der Waals surface area contributed by atoms with E-state index in [-0.39, 0.29) is 28.3 Å². The van der Waals surface area contributed by atoms with E-state index in [1.165, 1.54) is 6.07 Å². The molecule has 0 saturated heterocycles. The van der Waals surface area contributed by atoms with Crippen molar-refractivity contribution < 1.29 is 9.90 Å². The van der Waals surface area contributed by atoms with E-state index in [0.717, 1.165) is 11.1 Å². The third-order valence-corrected chi connectivity index (χ3v) is 3.67. The minimum atomic E-state index is -0.763. The van der Waals surface area contributed by atoms with Crippen molar-refractivity contribution in [2.45, 2.75) is 13.0 Å². The van der Waals surface area contributed by atoms with Gasteiger partial charge in [0.15, 0.2) is 0 Å². The van der Waals surface area contributed by atoms with Crippen LogP contribution in [0.3, 0.4) is 0 Å². The van der Waals surface area contributed by atoms with Gasteiger partial charge in [-0.3, -0.25) is 4.79 Å². The Balaban J connectivity index is 1.98. The summed E-state index contributed by atoms with van der Waals surface area (Å²) < 4.78 is 0. The van der Waals surface area contributed by atoms with Crippen LogP contribution in [0.5, 0.6) is 0 Å². The number of aromatic amines is 1. The zero-order chi connectivity index (χ0) is 14.7. The van der Waals surface area contributed by atoms with Gasteiger partial charge >= 0.3 is 0 Å². The highest BCUT2D eigenvalue weighted by Gasteiger charge is 2.14. The van der Waals surface area contributed by atoms with Crippen LogP contribution in [0, 0.1) is 6.92 Å². The first-order chi connectivity index (χ1) is 9.49. The van der Waals surface area contributed by atoms with Gasteiger partial charge in [0, 0.05) is 6.54 Å². The fourth-order valence-corrected chi connectivity index (χ4v) is 2.19. The van der Waals surface area contributed by atoms with Crippen LogP contribution in [0.1, 0.15) is 27.7 Å². The topological polar surface area (TPSA) is 65.1 Å². The molecule has 1 unspecified atom stereocenters. The normalized spacial score (nSPS) is 12.2. The molecular formula is C14H14Cl2N2O2. The Kier molecular flexibility index (Phi) is 4.70. The Morgan fingerprint density at radius 1 is 1.40 bits per heavy atom. The lowest BCUT2D eigenvalue weighted by Crippen LogP contribution is -2.28. The van der Waals surface area contributed by atoms with E-state index in [9.17, 15) is 9.90 Å². The highest BCUT2D eigenvalue weighted by atomic mass is 35.5. The summed E-state index contributed by atoms with van der Waals surface area (Å²) in [6.07, 6.45) is -0.763. The number of aryl methyl sites for hydroxylation is 1. The van der Waals surface area contributed by atoms with Crippen LogP contribution in [0.15, 0.2) is 30.3 Å². The molecule has 2 aromatic rings. The molecule has 106 valence electrons. The maximum absolute atomic E-state index is 11.9. The Labute approximate surface area is 126 Å². The van der Waals surface area contributed by atoms with E-state index < -0.39 is 6.10 Å². The second kappa shape index (κ2) is 6.31. The second-order valence-corrected chi connectivity index (χ2v) is 5.21. The minimum absolute atomic E-state index is 0.109. The van der Waals surface area contributed by atoms with Crippen molar-refractivity contribution in [2.75, 3.05) is 6.54 Å². The van der Waals surface area contributed by atoms with Gasteiger partial charge in [-0.05, 0) is 24.1 Å². The lowest BCUT2D eigenvalue weighted by molar-refractivity contribution is 0.0911. The average Bonchev–Trinajstić information content (AvgIpc) is 2.76. The standard InChI is InChI=1S/C14H14Cl2N2O2/c1-8-4-2-3-5-9(8)12(19)7-17-14(20)11-6-10(15)13(16)18-11/h2-6,12,18-19H,7H2,1H3,(H,17,20). The van der Waals surface area contributed by atoms with E-state index >= 15 is 0 Å². The van der Waals surface area contributed by atoms with Crippen LogP contribution in [0.25, 0.3) is 0 Å². The van der Waals surface area contributed by atoms with Crippen LogP contribution in [-0.2, 0) is 0 Å². The van der Waals surface area contributed by atoms with E-state index in [1.807, 2.05) is 31.2 Å². The van der Waals surface area contributed by atoms with Crippen LogP contribution in [-0.4, -0.2) is 22.5 Å². The number of aromatic nitrogens is 1. The highest BCUT2D eigenvalue weighted by Crippen LogP contribution is 2.22. The number of nitrogens with one attached hydrogen (secondary N) is 2. The summed E-state index contributed by atoms with van der Waals surface area (Å²) in [7, 11) is 0. The van der Waals surface area contributed by atoms with E-state index in [4.69, 9.17) is 23.2 Å². The molecule has 1 aromatic heterocycles. The molecular weight excluding hydrogens is 299 g/mol. The zero-order valence-electron chi connectivity index (χ0n) is 10.8. The highest BCUT2D eigenvalue weighted by molar-refractivity contribution is 6.41. The number of carbonyl (C=O) groups is 1. The number of H-pyrrole nitrogens is 1. The molecule has 0 spiro atoms. The first kappa shape index (κ1) is 14.9. The SMILES string of the molecule is Cc1ccccc1C(O)CNC(=O)c1cc(Cl)c(Cl)[nH]1. The summed E-state index contributed by atoms with van der Waals surface area (Å²) in [5, 5.41) is 13.2. The molecule has 0 aliphatic carbocycles. The van der Waals surface area contributed by atoms with E-state index in [0.29, 0.717) is 0 Å². The predicted molar refractivity (Wildman–Crippen MR) is 79.3 cm³/mol. The molecule has 1 atom stereocenters. The van der Waals surface area contributed by atoms with Crippen molar-refractivity contribution in [1.29, 1.82) is 0 Å². The van der Waals surface area contributed by atoms with Crippen LogP contribution < -0.4 is 5.32 Å². The number of rotatable bonds is 4. The minimum Gasteiger partial charge on any atom is -0.387 e. The maximum Gasteiger partial charge on any atom is 0.267 e. The number of aliphatic hydroxyl groups is 1. The van der Waals surface area contributed by atoms with Gasteiger partial charge in [0.05, 0.1) is 11.1 Å². The smallest absolute Gasteiger partial charge is 0.267 e. The van der Waals surface area contributed by atoms with Gasteiger partial charge < -0.3 is 15.4 Å². The number of hydrogen-bond acceptors (Lipinski definition) is 2. The van der Waals surface area contributed by atoms with Crippen molar-refractivity contribution in [2.24, 2.45) is 0 Å². The molecule has 0 bridgehead atoms. The fourth-order valence-electron chi connectivity index (χ4n) is 1.88. The molecule has 4 nitrogen and oxygen atoms in total. The number of aliphatic hydroxyl groups excluding tert-OH is 1. The maximum atomic E-state index is 11.9. The lowest BCUT2D eigenvalue weighted by Gasteiger charge is -2.14. The van der Waals surface area contributed by atoms with Gasteiger partial charge in [-0.2, -0.15) is 0 Å². The van der Waals surface area contributed by atoms with Crippen molar-refractivity contribution in [3.05, 3.63) is 57.3 Å². The fraction of sp³-hybridized carbons (Fsp3) is 0.214. The Morgan fingerprint density at radius 2 is 2.10 bits per heavy atom. The van der Waals surface area contributed by atoms with Gasteiger partial charge in [-0.1, -0.05) is 47.5 Å². The molecule has 6 heteroatoms. The summed E-state index contributed by atoms with van der Waals surface area (Å²) >= 11 is 11.5. The second-order valence-electron chi connectivity index (χ2n) is 4.43. The Hall–Kier alpha value is -1.49. The molecule has 2 rings (SSSR count). The summed E-state index contributed by atoms with van der Waals surface area (Å²) in [4.78, 5) is 14.5. The molecule has 0 aliphatic rings. The number of amides is 1. The lowest BCUT2D eigenvalue weighted by atomic mass is 10.0. The van der Waals surface area contributed by atoms with E-state index in [2.05, 4.69) is 10.3 Å². The summed E-state index contributed by atoms with van der Waals surface area (Å²) in [5.41, 5.74) is 2.02. The average molecular weight is 313 g/mol. The summed E-state index contributed by atoms with van der Waals surface area (Å²) in [6.45, 7) is 2.02. The van der Waals surface area contributed by atoms with Gasteiger partial charge in [0.2, 0.25) is 0 Å². The van der Waals surface area contributed by atoms with E-state index in [1.54, 1.807) is 0 Å². The van der Waals surface area contributed by atoms with Gasteiger partial charge in [0.1, 0.15) is 10.8 Å². The zero-order valence-corrected chi connectivity index (χ0v) is 12.3. The van der Waals surface area contributed by atoms with Gasteiger partial charge in [0.25, 0.3) is 5.91 Å². The number of benzene rings is 1. The van der Waals surface area contributed by atoms with Crippen molar-refractivity contribution in [3.8, 4) is 0 Å². The number of carbonyl (C=O) groups excluding carboxylic acids is 1. The molecule has 1 amide bonds. The quantitative estimate of drug-likeness (QED) is 0.812. The van der Waals surface area contributed by atoms with Gasteiger partial charge in [-0.15, -0.1) is 0 Å². The molecule has 20 heavy (non-hydrogen) atoms. The third-order valence-electron chi connectivity index (χ3n) is 2.97. The number of hydrogen-bond donors (Lipinski definition) is 3. The molecule has 0 aliphatic heterocycles. The molecule has 0 fully saturated rings. The molecule has 1 heterocycles. The summed E-state index contributed by atoms with van der Waals surface area (Å²) in [6, 6.07) is 8.92. The third kappa shape index (κ3) is 3.33. The van der Waals surface area contributed by atoms with Crippen molar-refractivity contribution in [1.82, 2.24) is 10.3 Å². The van der Waals surface area contributed by atoms with Crippen LogP contribution in [0.2, 0.25) is 10.2 Å². The number of halogens is 2. The van der Waals surface area contributed by atoms with Crippen LogP contribution in [0.4, 0.5) is 0 Å². The summed E-state index contributed by atoms with van der Waals surface area (Å²) in [5.74, 6) is -0.369. The Morgan fingerprint density at radius 3 is 2.70 bits per heavy atom. The van der Waals surface area contributed by atoms with Gasteiger partial charge in [-0.25, -0.2) is 0 Å². The largest absolute Gasteiger partial charge is 0.387 e. The first-order valence-electron chi connectivity index (χ1n) is 6.05. The Bertz CT molecular complexity index is 606. The predicted octanol–water partition coefficient (Wildman–Crippen LogP) is 3.09. The molecule has 3 N–H and O–H groups in total. The molecule has 0 saturated carbocycles.